The predicted molar refractivity (Wildman–Crippen MR) is 69.8 cm³/mol. The van der Waals surface area contributed by atoms with E-state index in [0.29, 0.717) is 12.6 Å². The first-order valence-corrected chi connectivity index (χ1v) is 7.15. The van der Waals surface area contributed by atoms with Crippen LogP contribution in [0.25, 0.3) is 0 Å². The van der Waals surface area contributed by atoms with Crippen molar-refractivity contribution in [2.45, 2.75) is 51.5 Å². The molecule has 1 atom stereocenters. The van der Waals surface area contributed by atoms with Crippen molar-refractivity contribution in [2.75, 3.05) is 19.6 Å². The van der Waals surface area contributed by atoms with Gasteiger partial charge < -0.3 is 5.32 Å². The number of carbonyl (C=O) groups is 1. The van der Waals surface area contributed by atoms with Crippen LogP contribution in [0.15, 0.2) is 0 Å². The molecule has 1 saturated heterocycles. The molecule has 1 N–H and O–H groups in total. The zero-order valence-corrected chi connectivity index (χ0v) is 11.2. The lowest BCUT2D eigenvalue weighted by Gasteiger charge is -2.25. The number of amides is 1. The van der Waals surface area contributed by atoms with Crippen molar-refractivity contribution >= 4 is 5.91 Å². The number of carbonyl (C=O) groups excluding carboxylic acids is 1. The Balaban J connectivity index is 1.86. The Hall–Kier alpha value is -1.08. The molecule has 0 aromatic carbocycles. The highest BCUT2D eigenvalue weighted by Crippen LogP contribution is 2.37. The SMILES string of the molecule is CCN1CCCC1CNC(=O)C1(C#N)CCCC1. The number of rotatable bonds is 4. The van der Waals surface area contributed by atoms with Crippen LogP contribution >= 0.6 is 0 Å². The Kier molecular flexibility index (Phi) is 4.23. The second-order valence-electron chi connectivity index (χ2n) is 5.54. The van der Waals surface area contributed by atoms with Crippen LogP contribution in [0.1, 0.15) is 45.4 Å². The third kappa shape index (κ3) is 2.51. The molecule has 18 heavy (non-hydrogen) atoms. The van der Waals surface area contributed by atoms with Crippen molar-refractivity contribution in [2.24, 2.45) is 5.41 Å². The number of likely N-dealkylation sites (N-methyl/N-ethyl adjacent to an activating group) is 1. The van der Waals surface area contributed by atoms with E-state index >= 15 is 0 Å². The van der Waals surface area contributed by atoms with Gasteiger partial charge in [-0.15, -0.1) is 0 Å². The summed E-state index contributed by atoms with van der Waals surface area (Å²) in [6, 6.07) is 2.72. The summed E-state index contributed by atoms with van der Waals surface area (Å²) < 4.78 is 0. The number of hydrogen-bond acceptors (Lipinski definition) is 3. The zero-order valence-electron chi connectivity index (χ0n) is 11.2. The van der Waals surface area contributed by atoms with E-state index in [2.05, 4.69) is 23.2 Å². The van der Waals surface area contributed by atoms with E-state index in [0.717, 1.165) is 45.2 Å². The number of nitrogens with one attached hydrogen (secondary N) is 1. The highest BCUT2D eigenvalue weighted by Gasteiger charge is 2.41. The Labute approximate surface area is 109 Å². The largest absolute Gasteiger partial charge is 0.353 e. The van der Waals surface area contributed by atoms with E-state index in [1.54, 1.807) is 0 Å². The fraction of sp³-hybridized carbons (Fsp3) is 0.857. The summed E-state index contributed by atoms with van der Waals surface area (Å²) in [5.41, 5.74) is -0.727. The minimum atomic E-state index is -0.727. The first kappa shape index (κ1) is 13.4. The number of nitriles is 1. The van der Waals surface area contributed by atoms with Crippen molar-refractivity contribution in [3.8, 4) is 6.07 Å². The molecule has 100 valence electrons. The maximum Gasteiger partial charge on any atom is 0.240 e. The van der Waals surface area contributed by atoms with Gasteiger partial charge >= 0.3 is 0 Å². The highest BCUT2D eigenvalue weighted by atomic mass is 16.2. The van der Waals surface area contributed by atoms with Crippen molar-refractivity contribution < 1.29 is 4.79 Å². The Morgan fingerprint density at radius 1 is 1.44 bits per heavy atom. The second kappa shape index (κ2) is 5.71. The normalized spacial score (nSPS) is 27.0. The maximum absolute atomic E-state index is 12.2. The molecule has 0 spiro atoms. The van der Waals surface area contributed by atoms with E-state index < -0.39 is 5.41 Å². The molecule has 2 rings (SSSR count). The van der Waals surface area contributed by atoms with Crippen LogP contribution in [0.5, 0.6) is 0 Å². The molecular formula is C14H23N3O. The van der Waals surface area contributed by atoms with E-state index in [9.17, 15) is 10.1 Å². The molecule has 1 saturated carbocycles. The zero-order chi connectivity index (χ0) is 13.0. The van der Waals surface area contributed by atoms with Gasteiger partial charge in [0.25, 0.3) is 0 Å². The van der Waals surface area contributed by atoms with Crippen LogP contribution in [-0.2, 0) is 4.79 Å². The third-order valence-electron chi connectivity index (χ3n) is 4.51. The standard InChI is InChI=1S/C14H23N3O/c1-2-17-9-5-6-12(17)10-16-13(18)14(11-15)7-3-4-8-14/h12H,2-10H2,1H3,(H,16,18). The summed E-state index contributed by atoms with van der Waals surface area (Å²) in [6.45, 7) is 5.05. The van der Waals surface area contributed by atoms with E-state index in [4.69, 9.17) is 0 Å². The minimum absolute atomic E-state index is 0.0366. The summed E-state index contributed by atoms with van der Waals surface area (Å²) in [5, 5.41) is 12.3. The number of likely N-dealkylation sites (tertiary alicyclic amines) is 1. The summed E-state index contributed by atoms with van der Waals surface area (Å²) in [7, 11) is 0. The van der Waals surface area contributed by atoms with Crippen LogP contribution in [-0.4, -0.2) is 36.5 Å². The fourth-order valence-corrected chi connectivity index (χ4v) is 3.29. The summed E-state index contributed by atoms with van der Waals surface area (Å²) in [6.07, 6.45) is 5.86. The Morgan fingerprint density at radius 2 is 2.17 bits per heavy atom. The van der Waals surface area contributed by atoms with Crippen molar-refractivity contribution in [3.63, 3.8) is 0 Å². The lowest BCUT2D eigenvalue weighted by Crippen LogP contribution is -2.45. The average molecular weight is 249 g/mol. The van der Waals surface area contributed by atoms with Crippen LogP contribution in [0.2, 0.25) is 0 Å². The van der Waals surface area contributed by atoms with Gasteiger partial charge in [0.15, 0.2) is 0 Å². The minimum Gasteiger partial charge on any atom is -0.353 e. The molecule has 4 nitrogen and oxygen atoms in total. The number of nitrogens with zero attached hydrogens (tertiary/aromatic N) is 2. The van der Waals surface area contributed by atoms with Gasteiger partial charge in [0.2, 0.25) is 5.91 Å². The molecule has 0 bridgehead atoms. The molecule has 0 radical (unpaired) electrons. The second-order valence-corrected chi connectivity index (χ2v) is 5.54. The molecule has 1 unspecified atom stereocenters. The molecule has 4 heteroatoms. The smallest absolute Gasteiger partial charge is 0.240 e. The summed E-state index contributed by atoms with van der Waals surface area (Å²) >= 11 is 0. The lowest BCUT2D eigenvalue weighted by atomic mass is 9.87. The topological polar surface area (TPSA) is 56.1 Å². The van der Waals surface area contributed by atoms with Gasteiger partial charge in [-0.2, -0.15) is 5.26 Å². The van der Waals surface area contributed by atoms with Crippen molar-refractivity contribution in [1.29, 1.82) is 5.26 Å². The van der Waals surface area contributed by atoms with E-state index in [1.807, 2.05) is 0 Å². The van der Waals surface area contributed by atoms with Gasteiger partial charge in [0, 0.05) is 12.6 Å². The lowest BCUT2D eigenvalue weighted by molar-refractivity contribution is -0.128. The molecular weight excluding hydrogens is 226 g/mol. The summed E-state index contributed by atoms with van der Waals surface area (Å²) in [5.74, 6) is -0.0366. The van der Waals surface area contributed by atoms with Crippen LogP contribution in [0.4, 0.5) is 0 Å². The average Bonchev–Trinajstić information content (AvgIpc) is 3.05. The van der Waals surface area contributed by atoms with Gasteiger partial charge in [0.1, 0.15) is 5.41 Å². The molecule has 0 aromatic heterocycles. The predicted octanol–water partition coefficient (Wildman–Crippen LogP) is 1.67. The number of hydrogen-bond donors (Lipinski definition) is 1. The van der Waals surface area contributed by atoms with Gasteiger partial charge in [-0.25, -0.2) is 0 Å². The fourth-order valence-electron chi connectivity index (χ4n) is 3.29. The first-order valence-electron chi connectivity index (χ1n) is 7.15. The summed E-state index contributed by atoms with van der Waals surface area (Å²) in [4.78, 5) is 14.6. The van der Waals surface area contributed by atoms with Gasteiger partial charge in [-0.3, -0.25) is 9.69 Å². The quantitative estimate of drug-likeness (QED) is 0.824. The van der Waals surface area contributed by atoms with Gasteiger partial charge in [-0.1, -0.05) is 19.8 Å². The Morgan fingerprint density at radius 3 is 2.78 bits per heavy atom. The monoisotopic (exact) mass is 249 g/mol. The van der Waals surface area contributed by atoms with Crippen LogP contribution < -0.4 is 5.32 Å². The third-order valence-corrected chi connectivity index (χ3v) is 4.51. The molecule has 1 heterocycles. The molecule has 2 fully saturated rings. The molecule has 1 aliphatic heterocycles. The highest BCUT2D eigenvalue weighted by molar-refractivity contribution is 5.85. The van der Waals surface area contributed by atoms with Crippen molar-refractivity contribution in [1.82, 2.24) is 10.2 Å². The molecule has 0 aromatic rings. The van der Waals surface area contributed by atoms with E-state index in [-0.39, 0.29) is 5.91 Å². The molecule has 1 aliphatic carbocycles. The molecule has 2 aliphatic rings. The van der Waals surface area contributed by atoms with Gasteiger partial charge in [-0.05, 0) is 38.8 Å². The van der Waals surface area contributed by atoms with Crippen LogP contribution in [0.3, 0.4) is 0 Å². The van der Waals surface area contributed by atoms with Crippen molar-refractivity contribution in [3.05, 3.63) is 0 Å². The van der Waals surface area contributed by atoms with E-state index in [1.165, 1.54) is 6.42 Å². The van der Waals surface area contributed by atoms with Gasteiger partial charge in [0.05, 0.1) is 6.07 Å². The van der Waals surface area contributed by atoms with Crippen LogP contribution in [0, 0.1) is 16.7 Å². The maximum atomic E-state index is 12.2. The molecule has 1 amide bonds. The first-order chi connectivity index (χ1) is 8.72. The Bertz CT molecular complexity index is 341.